The Morgan fingerprint density at radius 3 is 2.70 bits per heavy atom. The molecule has 2 heterocycles. The van der Waals surface area contributed by atoms with E-state index in [1.807, 2.05) is 43.3 Å². The van der Waals surface area contributed by atoms with Crippen molar-refractivity contribution < 1.29 is 8.83 Å². The molecule has 0 saturated carbocycles. The van der Waals surface area contributed by atoms with Gasteiger partial charge in [0.05, 0.1) is 0 Å². The lowest BCUT2D eigenvalue weighted by atomic mass is 10.1. The Balaban J connectivity index is 1.59. The van der Waals surface area contributed by atoms with E-state index in [4.69, 9.17) is 8.83 Å². The van der Waals surface area contributed by atoms with Crippen LogP contribution in [-0.4, -0.2) is 10.2 Å². The van der Waals surface area contributed by atoms with Crippen molar-refractivity contribution in [3.05, 3.63) is 75.6 Å². The van der Waals surface area contributed by atoms with Gasteiger partial charge in [-0.3, -0.25) is 0 Å². The van der Waals surface area contributed by atoms with E-state index < -0.39 is 0 Å². The van der Waals surface area contributed by atoms with Crippen molar-refractivity contribution in [2.45, 2.75) is 31.2 Å². The first-order chi connectivity index (χ1) is 13.1. The molecule has 0 aliphatic heterocycles. The third kappa shape index (κ3) is 3.66. The topological polar surface area (TPSA) is 69.1 Å². The maximum absolute atomic E-state index is 11.9. The molecule has 0 amide bonds. The van der Waals surface area contributed by atoms with E-state index in [9.17, 15) is 4.79 Å². The van der Waals surface area contributed by atoms with Crippen molar-refractivity contribution in [1.29, 1.82) is 0 Å². The zero-order valence-electron chi connectivity index (χ0n) is 15.1. The van der Waals surface area contributed by atoms with Crippen LogP contribution in [0.15, 0.2) is 67.4 Å². The smallest absolute Gasteiger partial charge is 0.336 e. The third-order valence-electron chi connectivity index (χ3n) is 4.44. The summed E-state index contributed by atoms with van der Waals surface area (Å²) < 4.78 is 11.1. The van der Waals surface area contributed by atoms with Crippen molar-refractivity contribution in [1.82, 2.24) is 10.2 Å². The highest BCUT2D eigenvalue weighted by Crippen LogP contribution is 2.29. The standard InChI is InChI=1S/C21H18N2O3S/c1-3-14-8-9-17-15(11-19(24)25-18(17)10-14)12-27-21-23-22-20(26-21)16-7-5-4-6-13(16)2/h4-11H,3,12H2,1-2H3. The average molecular weight is 378 g/mol. The minimum Gasteiger partial charge on any atom is -0.423 e. The fourth-order valence-electron chi connectivity index (χ4n) is 2.94. The van der Waals surface area contributed by atoms with Gasteiger partial charge in [-0.1, -0.05) is 49.0 Å². The molecule has 136 valence electrons. The molecule has 2 aromatic carbocycles. The summed E-state index contributed by atoms with van der Waals surface area (Å²) in [5, 5.41) is 9.67. The van der Waals surface area contributed by atoms with Gasteiger partial charge in [-0.2, -0.15) is 0 Å². The predicted octanol–water partition coefficient (Wildman–Crippen LogP) is 5.01. The van der Waals surface area contributed by atoms with Gasteiger partial charge < -0.3 is 8.83 Å². The molecule has 0 N–H and O–H groups in total. The number of hydrogen-bond donors (Lipinski definition) is 0. The van der Waals surface area contributed by atoms with Crippen LogP contribution in [-0.2, 0) is 12.2 Å². The van der Waals surface area contributed by atoms with Crippen LogP contribution in [0.25, 0.3) is 22.4 Å². The number of rotatable bonds is 5. The van der Waals surface area contributed by atoms with E-state index in [0.717, 1.165) is 34.1 Å². The van der Waals surface area contributed by atoms with Crippen molar-refractivity contribution in [2.24, 2.45) is 0 Å². The Morgan fingerprint density at radius 2 is 1.89 bits per heavy atom. The van der Waals surface area contributed by atoms with Gasteiger partial charge in [0.25, 0.3) is 5.22 Å². The minimum absolute atomic E-state index is 0.350. The lowest BCUT2D eigenvalue weighted by Gasteiger charge is -2.05. The molecule has 0 unspecified atom stereocenters. The molecule has 0 atom stereocenters. The molecule has 4 aromatic rings. The molecular formula is C21H18N2O3S. The summed E-state index contributed by atoms with van der Waals surface area (Å²) in [6.07, 6.45) is 0.891. The molecule has 0 spiro atoms. The first-order valence-corrected chi connectivity index (χ1v) is 9.70. The molecule has 0 saturated heterocycles. The SMILES string of the molecule is CCc1ccc2c(CSc3nnc(-c4ccccc4C)o3)cc(=O)oc2c1. The van der Waals surface area contributed by atoms with E-state index in [1.54, 1.807) is 0 Å². The van der Waals surface area contributed by atoms with Gasteiger partial charge >= 0.3 is 5.63 Å². The highest BCUT2D eigenvalue weighted by molar-refractivity contribution is 7.98. The lowest BCUT2D eigenvalue weighted by molar-refractivity contribution is 0.465. The van der Waals surface area contributed by atoms with Crippen LogP contribution in [0.1, 0.15) is 23.6 Å². The Hall–Kier alpha value is -2.86. The highest BCUT2D eigenvalue weighted by atomic mass is 32.2. The number of fused-ring (bicyclic) bond motifs is 1. The number of hydrogen-bond acceptors (Lipinski definition) is 6. The minimum atomic E-state index is -0.350. The van der Waals surface area contributed by atoms with Crippen LogP contribution >= 0.6 is 11.8 Å². The van der Waals surface area contributed by atoms with Gasteiger partial charge in [-0.15, -0.1) is 10.2 Å². The van der Waals surface area contributed by atoms with E-state index >= 15 is 0 Å². The van der Waals surface area contributed by atoms with Gasteiger partial charge in [0.1, 0.15) is 5.58 Å². The van der Waals surface area contributed by atoms with Crippen LogP contribution in [0, 0.1) is 6.92 Å². The number of thioether (sulfide) groups is 1. The molecule has 0 fully saturated rings. The highest BCUT2D eigenvalue weighted by Gasteiger charge is 2.13. The van der Waals surface area contributed by atoms with E-state index in [2.05, 4.69) is 23.2 Å². The van der Waals surface area contributed by atoms with E-state index in [0.29, 0.717) is 22.4 Å². The van der Waals surface area contributed by atoms with Crippen LogP contribution in [0.2, 0.25) is 0 Å². The normalized spacial score (nSPS) is 11.2. The third-order valence-corrected chi connectivity index (χ3v) is 5.30. The molecule has 4 rings (SSSR count). The van der Waals surface area contributed by atoms with Crippen molar-refractivity contribution in [2.75, 3.05) is 0 Å². The van der Waals surface area contributed by atoms with E-state index in [1.165, 1.54) is 17.8 Å². The molecule has 2 aromatic heterocycles. The molecule has 0 aliphatic rings. The molecular weight excluding hydrogens is 360 g/mol. The molecule has 0 aliphatic carbocycles. The maximum atomic E-state index is 11.9. The Bertz CT molecular complexity index is 1160. The summed E-state index contributed by atoms with van der Waals surface area (Å²) in [4.78, 5) is 11.9. The van der Waals surface area contributed by atoms with Crippen LogP contribution in [0.5, 0.6) is 0 Å². The van der Waals surface area contributed by atoms with Crippen LogP contribution < -0.4 is 5.63 Å². The fraction of sp³-hybridized carbons (Fsp3) is 0.190. The fourth-order valence-corrected chi connectivity index (χ4v) is 3.70. The summed E-state index contributed by atoms with van der Waals surface area (Å²) in [6, 6.07) is 15.4. The van der Waals surface area contributed by atoms with Gasteiger partial charge in [-0.25, -0.2) is 4.79 Å². The predicted molar refractivity (Wildman–Crippen MR) is 106 cm³/mol. The number of nitrogens with zero attached hydrogens (tertiary/aromatic N) is 2. The summed E-state index contributed by atoms with van der Waals surface area (Å²) in [5.74, 6) is 1.05. The van der Waals surface area contributed by atoms with Crippen molar-refractivity contribution in [3.63, 3.8) is 0 Å². The zero-order chi connectivity index (χ0) is 18.8. The summed E-state index contributed by atoms with van der Waals surface area (Å²) in [6.45, 7) is 4.08. The van der Waals surface area contributed by atoms with Gasteiger partial charge in [0.15, 0.2) is 0 Å². The summed E-state index contributed by atoms with van der Waals surface area (Å²) in [7, 11) is 0. The van der Waals surface area contributed by atoms with Crippen molar-refractivity contribution in [3.8, 4) is 11.5 Å². The van der Waals surface area contributed by atoms with Crippen molar-refractivity contribution >= 4 is 22.7 Å². The van der Waals surface area contributed by atoms with Gasteiger partial charge in [0.2, 0.25) is 5.89 Å². The maximum Gasteiger partial charge on any atom is 0.336 e. The average Bonchev–Trinajstić information content (AvgIpc) is 3.14. The largest absolute Gasteiger partial charge is 0.423 e. The zero-order valence-corrected chi connectivity index (χ0v) is 15.9. The summed E-state index contributed by atoms with van der Waals surface area (Å²) >= 11 is 1.41. The molecule has 5 nitrogen and oxygen atoms in total. The molecule has 27 heavy (non-hydrogen) atoms. The number of aromatic nitrogens is 2. The second-order valence-electron chi connectivity index (χ2n) is 6.25. The molecule has 6 heteroatoms. The molecule has 0 radical (unpaired) electrons. The number of aryl methyl sites for hydroxylation is 2. The Labute approximate surface area is 160 Å². The Kier molecular flexibility index (Phi) is 4.81. The lowest BCUT2D eigenvalue weighted by Crippen LogP contribution is -2.00. The monoisotopic (exact) mass is 378 g/mol. The second-order valence-corrected chi connectivity index (χ2v) is 7.18. The second kappa shape index (κ2) is 7.40. The van der Waals surface area contributed by atoms with Gasteiger partial charge in [-0.05, 0) is 42.2 Å². The first kappa shape index (κ1) is 17.5. The Morgan fingerprint density at radius 1 is 1.04 bits per heavy atom. The van der Waals surface area contributed by atoms with Gasteiger partial charge in [0, 0.05) is 22.8 Å². The number of benzene rings is 2. The summed E-state index contributed by atoms with van der Waals surface area (Å²) in [5.41, 5.74) is 4.30. The van der Waals surface area contributed by atoms with Crippen LogP contribution in [0.3, 0.4) is 0 Å². The van der Waals surface area contributed by atoms with E-state index in [-0.39, 0.29) is 5.63 Å². The van der Waals surface area contributed by atoms with Crippen LogP contribution in [0.4, 0.5) is 0 Å². The quantitative estimate of drug-likeness (QED) is 0.359. The molecule has 0 bridgehead atoms. The first-order valence-electron chi connectivity index (χ1n) is 8.72.